The number of aromatic amines is 2. The smallest absolute Gasteiger partial charge is 0.407 e. The summed E-state index contributed by atoms with van der Waals surface area (Å²) in [5, 5.41) is 9.58. The number of hydrogen-bond donors (Lipinski definition) is 3. The Kier molecular flexibility index (Phi) is 12.2. The van der Waals surface area contributed by atoms with Crippen LogP contribution in [0.3, 0.4) is 0 Å². The number of amides is 3. The summed E-state index contributed by atoms with van der Waals surface area (Å²) in [4.78, 5) is 62.4. The summed E-state index contributed by atoms with van der Waals surface area (Å²) in [6.45, 7) is 11.1. The van der Waals surface area contributed by atoms with Crippen LogP contribution in [0.25, 0.3) is 33.6 Å². The SMILES string of the molecule is CCN(CC)[C@@H](COC)C(=O)N1CCC[C@H]1c1ncc(-c2ccc(-c3ccc(-c4cnc([C@@H]5CCCN5C(=O)[C@H](C(C)C)N(C)C(=O)O)[nH]4)cc3)cc2)[nH]1. The molecule has 4 atom stereocenters. The molecule has 0 saturated carbocycles. The Bertz CT molecular complexity index is 1880. The highest BCUT2D eigenvalue weighted by Crippen LogP contribution is 2.35. The van der Waals surface area contributed by atoms with Crippen molar-refractivity contribution in [3.05, 3.63) is 72.6 Å². The van der Waals surface area contributed by atoms with E-state index >= 15 is 0 Å². The van der Waals surface area contributed by atoms with Crippen molar-refractivity contribution in [3.63, 3.8) is 0 Å². The number of carbonyl (C=O) groups excluding carboxylic acids is 2. The molecule has 2 aliphatic rings. The van der Waals surface area contributed by atoms with Gasteiger partial charge in [-0.05, 0) is 66.9 Å². The Morgan fingerprint density at radius 2 is 1.24 bits per heavy atom. The molecule has 13 nitrogen and oxygen atoms in total. The number of likely N-dealkylation sites (N-methyl/N-ethyl adjacent to an activating group) is 2. The van der Waals surface area contributed by atoms with Crippen LogP contribution in [0.4, 0.5) is 4.79 Å². The summed E-state index contributed by atoms with van der Waals surface area (Å²) in [5.41, 5.74) is 5.91. The lowest BCUT2D eigenvalue weighted by molar-refractivity contribution is -0.140. The van der Waals surface area contributed by atoms with Gasteiger partial charge in [0, 0.05) is 27.2 Å². The van der Waals surface area contributed by atoms with Crippen molar-refractivity contribution in [3.8, 4) is 33.6 Å². The molecule has 0 radical (unpaired) electrons. The number of imidazole rings is 2. The zero-order valence-corrected chi connectivity index (χ0v) is 32.3. The summed E-state index contributed by atoms with van der Waals surface area (Å²) in [6, 6.07) is 15.3. The quantitative estimate of drug-likeness (QED) is 0.134. The lowest BCUT2D eigenvalue weighted by atomic mass is 10.0. The molecule has 2 aromatic carbocycles. The fourth-order valence-electron chi connectivity index (χ4n) is 8.15. The van der Waals surface area contributed by atoms with Crippen LogP contribution in [-0.2, 0) is 14.3 Å². The van der Waals surface area contributed by atoms with Gasteiger partial charge >= 0.3 is 6.09 Å². The van der Waals surface area contributed by atoms with E-state index in [4.69, 9.17) is 9.72 Å². The van der Waals surface area contributed by atoms with Crippen LogP contribution in [0.1, 0.15) is 77.1 Å². The fourth-order valence-corrected chi connectivity index (χ4v) is 8.15. The molecule has 0 aliphatic carbocycles. The molecule has 4 heterocycles. The number of aromatic nitrogens is 4. The van der Waals surface area contributed by atoms with E-state index < -0.39 is 12.1 Å². The molecule has 54 heavy (non-hydrogen) atoms. The molecule has 2 saturated heterocycles. The third-order valence-electron chi connectivity index (χ3n) is 11.1. The predicted octanol–water partition coefficient (Wildman–Crippen LogP) is 6.45. The maximum atomic E-state index is 13.7. The van der Waals surface area contributed by atoms with E-state index in [0.717, 1.165) is 83.1 Å². The zero-order valence-electron chi connectivity index (χ0n) is 32.3. The fraction of sp³-hybridized carbons (Fsp3) is 0.488. The first-order chi connectivity index (χ1) is 26.1. The predicted molar refractivity (Wildman–Crippen MR) is 207 cm³/mol. The minimum Gasteiger partial charge on any atom is -0.465 e. The van der Waals surface area contributed by atoms with Gasteiger partial charge in [-0.25, -0.2) is 14.8 Å². The van der Waals surface area contributed by atoms with Gasteiger partial charge in [0.2, 0.25) is 11.8 Å². The largest absolute Gasteiger partial charge is 0.465 e. The minimum absolute atomic E-state index is 0.0902. The molecule has 0 spiro atoms. The number of nitrogens with zero attached hydrogens (tertiary/aromatic N) is 6. The van der Waals surface area contributed by atoms with Gasteiger partial charge in [0.15, 0.2) is 0 Å². The van der Waals surface area contributed by atoms with E-state index in [1.807, 2.05) is 24.9 Å². The monoisotopic (exact) mass is 738 g/mol. The maximum Gasteiger partial charge on any atom is 0.407 e. The Morgan fingerprint density at radius 1 is 0.796 bits per heavy atom. The highest BCUT2D eigenvalue weighted by atomic mass is 16.5. The zero-order chi connectivity index (χ0) is 38.5. The first-order valence-corrected chi connectivity index (χ1v) is 19.2. The Labute approximate surface area is 317 Å². The van der Waals surface area contributed by atoms with Crippen molar-refractivity contribution >= 4 is 17.9 Å². The minimum atomic E-state index is -1.12. The van der Waals surface area contributed by atoms with Crippen LogP contribution < -0.4 is 0 Å². The molecule has 13 heteroatoms. The number of benzene rings is 2. The van der Waals surface area contributed by atoms with Gasteiger partial charge in [-0.2, -0.15) is 0 Å². The molecule has 3 amide bonds. The van der Waals surface area contributed by atoms with Crippen molar-refractivity contribution in [2.24, 2.45) is 5.92 Å². The number of methoxy groups -OCH3 is 1. The summed E-state index contributed by atoms with van der Waals surface area (Å²) >= 11 is 0. The van der Waals surface area contributed by atoms with Crippen molar-refractivity contribution in [2.45, 2.75) is 77.5 Å². The third-order valence-corrected chi connectivity index (χ3v) is 11.1. The highest BCUT2D eigenvalue weighted by Gasteiger charge is 2.40. The summed E-state index contributed by atoms with van der Waals surface area (Å²) in [6.07, 6.45) is 5.94. The summed E-state index contributed by atoms with van der Waals surface area (Å²) < 4.78 is 5.45. The molecule has 2 fully saturated rings. The number of likely N-dealkylation sites (tertiary alicyclic amines) is 2. The van der Waals surface area contributed by atoms with Crippen LogP contribution in [0.15, 0.2) is 60.9 Å². The van der Waals surface area contributed by atoms with Gasteiger partial charge in [-0.1, -0.05) is 76.2 Å². The molecule has 3 N–H and O–H groups in total. The van der Waals surface area contributed by atoms with Gasteiger partial charge in [-0.15, -0.1) is 0 Å². The van der Waals surface area contributed by atoms with Crippen LogP contribution in [0.5, 0.6) is 0 Å². The number of carbonyl (C=O) groups is 3. The van der Waals surface area contributed by atoms with Gasteiger partial charge in [0.25, 0.3) is 0 Å². The normalized spacial score (nSPS) is 18.4. The molecule has 6 rings (SSSR count). The van der Waals surface area contributed by atoms with Crippen molar-refractivity contribution in [1.29, 1.82) is 0 Å². The number of ether oxygens (including phenoxy) is 1. The van der Waals surface area contributed by atoms with E-state index in [9.17, 15) is 19.5 Å². The standard InChI is InChI=1S/C41H54N8O5/c1-7-47(8-2)35(25-54-6)39(50)48-21-9-11-33(48)37-42-23-31(44-37)29-17-13-27(14-18-29)28-15-19-30(20-16-28)32-24-43-38(45-32)34-12-10-22-49(34)40(51)36(26(3)4)46(5)41(52)53/h13-20,23-24,26,33-36H,7-12,21-22,25H2,1-6H3,(H,42,44)(H,43,45)(H,52,53)/t33-,34-,35-,36-/m0/s1. The highest BCUT2D eigenvalue weighted by molar-refractivity contribution is 5.86. The van der Waals surface area contributed by atoms with Gasteiger partial charge in [0.1, 0.15) is 23.7 Å². The number of H-pyrrole nitrogens is 2. The van der Waals surface area contributed by atoms with E-state index in [0.29, 0.717) is 25.5 Å². The number of nitrogens with one attached hydrogen (secondary N) is 2. The molecule has 2 aromatic heterocycles. The van der Waals surface area contributed by atoms with Crippen LogP contribution >= 0.6 is 0 Å². The lowest BCUT2D eigenvalue weighted by Gasteiger charge is -2.33. The number of carboxylic acid groups (broad SMARTS) is 1. The molecular weight excluding hydrogens is 685 g/mol. The average Bonchev–Trinajstić information content (AvgIpc) is 4.01. The molecule has 0 unspecified atom stereocenters. The van der Waals surface area contributed by atoms with Crippen LogP contribution in [-0.4, -0.2) is 122 Å². The molecule has 2 aliphatic heterocycles. The lowest BCUT2D eigenvalue weighted by Crippen LogP contribution is -2.51. The maximum absolute atomic E-state index is 13.7. The average molecular weight is 739 g/mol. The van der Waals surface area contributed by atoms with E-state index in [1.54, 1.807) is 18.2 Å². The molecule has 0 bridgehead atoms. The van der Waals surface area contributed by atoms with Crippen molar-refractivity contribution < 1.29 is 24.2 Å². The molecule has 288 valence electrons. The van der Waals surface area contributed by atoms with Crippen LogP contribution in [0, 0.1) is 5.92 Å². The number of hydrogen-bond acceptors (Lipinski definition) is 7. The second-order valence-corrected chi connectivity index (χ2v) is 14.7. The third kappa shape index (κ3) is 7.92. The molecular formula is C41H54N8O5. The van der Waals surface area contributed by atoms with Gasteiger partial charge in [-0.3, -0.25) is 19.4 Å². The Balaban J connectivity index is 1.11. The topological polar surface area (TPSA) is 151 Å². The molecule has 4 aromatic rings. The Hall–Kier alpha value is -5.01. The summed E-state index contributed by atoms with van der Waals surface area (Å²) in [7, 11) is 3.10. The van der Waals surface area contributed by atoms with E-state index in [2.05, 4.69) is 82.2 Å². The van der Waals surface area contributed by atoms with Gasteiger partial charge < -0.3 is 29.6 Å². The first kappa shape index (κ1) is 38.7. The second kappa shape index (κ2) is 17.0. The van der Waals surface area contributed by atoms with Crippen molar-refractivity contribution in [2.75, 3.05) is 46.9 Å². The first-order valence-electron chi connectivity index (χ1n) is 19.2. The van der Waals surface area contributed by atoms with Crippen LogP contribution in [0.2, 0.25) is 0 Å². The van der Waals surface area contributed by atoms with E-state index in [1.165, 1.54) is 7.05 Å². The van der Waals surface area contributed by atoms with E-state index in [-0.39, 0.29) is 35.9 Å². The summed E-state index contributed by atoms with van der Waals surface area (Å²) in [5.74, 6) is 1.27. The van der Waals surface area contributed by atoms with Gasteiger partial charge in [0.05, 0.1) is 42.5 Å². The number of rotatable bonds is 14. The Morgan fingerprint density at radius 3 is 1.65 bits per heavy atom. The van der Waals surface area contributed by atoms with Crippen molar-refractivity contribution in [1.82, 2.24) is 39.5 Å². The second-order valence-electron chi connectivity index (χ2n) is 14.7.